The molecule has 148 heavy (non-hydrogen) atoms. The zero-order valence-corrected chi connectivity index (χ0v) is 96.7. The van der Waals surface area contributed by atoms with Crippen molar-refractivity contribution in [1.82, 2.24) is 15.1 Å². The number of nitrogens with one attached hydrogen (secondary N) is 1. The van der Waals surface area contributed by atoms with Gasteiger partial charge in [0, 0.05) is 81.3 Å². The number of piperidine rings is 3. The van der Waals surface area contributed by atoms with E-state index in [-0.39, 0.29) is 35.8 Å². The summed E-state index contributed by atoms with van der Waals surface area (Å²) in [5.41, 5.74) is 7.47. The molecule has 3 saturated heterocycles. The number of ether oxygens (including phenoxy) is 17. The molecular formula is C114H145Br2Cl7N3O21P. The summed E-state index contributed by atoms with van der Waals surface area (Å²) < 4.78 is 89.2. The highest BCUT2D eigenvalue weighted by Gasteiger charge is 2.46. The molecule has 3 aliphatic rings. The Balaban J connectivity index is 0.000000269. The third-order valence-corrected chi connectivity index (χ3v) is 29.9. The number of esters is 1. The highest BCUT2D eigenvalue weighted by atomic mass is 79.9. The van der Waals surface area contributed by atoms with Gasteiger partial charge in [-0.1, -0.05) is 200 Å². The molecule has 0 saturated carbocycles. The van der Waals surface area contributed by atoms with Crippen molar-refractivity contribution in [3.8, 4) is 40.2 Å². The van der Waals surface area contributed by atoms with Crippen LogP contribution in [0.1, 0.15) is 124 Å². The Labute approximate surface area is 930 Å². The van der Waals surface area contributed by atoms with E-state index in [1.807, 2.05) is 113 Å². The Morgan fingerprint density at radius 2 is 0.669 bits per heavy atom. The van der Waals surface area contributed by atoms with Crippen molar-refractivity contribution in [3.05, 3.63) is 298 Å². The monoisotopic (exact) mass is 2330 g/mol. The number of aliphatic hydroxyl groups is 1. The Morgan fingerprint density at radius 3 is 1.01 bits per heavy atom. The number of hydrogen-bond donors (Lipinski definition) is 2. The molecule has 0 aromatic heterocycles. The second-order valence-electron chi connectivity index (χ2n) is 36.1. The van der Waals surface area contributed by atoms with E-state index in [2.05, 4.69) is 147 Å². The SMILES string of the molecule is COCCOc1cc(C(=O)OC)ccc1Cl.COCCOc1cc(C=C2CCN(C(=O)OC(C)(C)C)CC2)ccc1Cl.COCCOc1cc(CBr)ccc1Cl.COCCOc1cc(CC2CCN(C(=O)OC(C)(C)C)CC2)ccc1Cl.COCCOc1cc(CC2CCNCC2)ccc1Cl.COCCOc1cc(CO)ccc1Cl.COCCOc1cc(C[P+](c2ccccc2)(c2ccccc2)c2ccccc2)ccc1Cl.[Br-]. The third-order valence-electron chi connectivity index (χ3n) is 22.7. The molecule has 3 heterocycles. The maximum Gasteiger partial charge on any atom is 0.410 e. The molecule has 10 aromatic carbocycles. The summed E-state index contributed by atoms with van der Waals surface area (Å²) in [5, 5.41) is 21.3. The van der Waals surface area contributed by atoms with Gasteiger partial charge in [0.25, 0.3) is 0 Å². The van der Waals surface area contributed by atoms with E-state index in [1.165, 1.54) is 58.1 Å². The first kappa shape index (κ1) is 128. The van der Waals surface area contributed by atoms with Gasteiger partial charge in [0.05, 0.1) is 107 Å². The van der Waals surface area contributed by atoms with Crippen LogP contribution in [0.5, 0.6) is 40.2 Å². The first-order valence-electron chi connectivity index (χ1n) is 48.8. The van der Waals surface area contributed by atoms with Crippen molar-refractivity contribution in [3.63, 3.8) is 0 Å². The molecule has 0 atom stereocenters. The summed E-state index contributed by atoms with van der Waals surface area (Å²) in [4.78, 5) is 39.1. The lowest BCUT2D eigenvalue weighted by Gasteiger charge is -2.33. The number of hydrogen-bond acceptors (Lipinski definition) is 22. The Morgan fingerprint density at radius 1 is 0.372 bits per heavy atom. The van der Waals surface area contributed by atoms with E-state index in [0.29, 0.717) is 187 Å². The number of halogens is 9. The molecule has 3 aliphatic heterocycles. The molecule has 13 rings (SSSR count). The summed E-state index contributed by atoms with van der Waals surface area (Å²) in [6.07, 6.45) is 10.8. The van der Waals surface area contributed by atoms with Crippen LogP contribution in [0.15, 0.2) is 224 Å². The molecular weight excluding hydrogens is 2190 g/mol. The van der Waals surface area contributed by atoms with Crippen molar-refractivity contribution in [2.75, 3.05) is 189 Å². The van der Waals surface area contributed by atoms with Gasteiger partial charge in [0.1, 0.15) is 121 Å². The van der Waals surface area contributed by atoms with Crippen LogP contribution in [0.4, 0.5) is 9.59 Å². The van der Waals surface area contributed by atoms with Gasteiger partial charge >= 0.3 is 18.2 Å². The lowest BCUT2D eigenvalue weighted by Crippen LogP contribution is -3.00. The van der Waals surface area contributed by atoms with E-state index in [9.17, 15) is 14.4 Å². The van der Waals surface area contributed by atoms with E-state index < -0.39 is 24.4 Å². The van der Waals surface area contributed by atoms with Crippen LogP contribution in [0.3, 0.4) is 0 Å². The normalized spacial score (nSPS) is 13.0. The molecule has 810 valence electrons. The van der Waals surface area contributed by atoms with Crippen LogP contribution < -0.4 is 71.4 Å². The first-order chi connectivity index (χ1) is 70.8. The van der Waals surface area contributed by atoms with Gasteiger partial charge in [-0.05, 0) is 279 Å². The second-order valence-corrected chi connectivity index (χ2v) is 43.0. The van der Waals surface area contributed by atoms with E-state index in [1.54, 1.807) is 91.1 Å². The molecule has 0 unspecified atom stereocenters. The van der Waals surface area contributed by atoms with Gasteiger partial charge in [-0.25, -0.2) is 14.4 Å². The molecule has 2 N–H and O–H groups in total. The van der Waals surface area contributed by atoms with Gasteiger partial charge in [-0.3, -0.25) is 0 Å². The van der Waals surface area contributed by atoms with Gasteiger partial charge < -0.3 is 118 Å². The molecule has 10 aromatic rings. The molecule has 0 radical (unpaired) electrons. The maximum atomic E-state index is 12.1. The van der Waals surface area contributed by atoms with Crippen molar-refractivity contribution >= 4 is 145 Å². The number of carbonyl (C=O) groups excluding carboxylic acids is 3. The summed E-state index contributed by atoms with van der Waals surface area (Å²) in [6.45, 7) is 23.4. The Kier molecular flexibility index (Phi) is 62.0. The number of benzene rings is 10. The number of aliphatic hydroxyl groups excluding tert-OH is 1. The minimum Gasteiger partial charge on any atom is -1.00 e. The number of amides is 2. The van der Waals surface area contributed by atoms with Crippen LogP contribution in [0, 0.1) is 11.8 Å². The van der Waals surface area contributed by atoms with Crippen LogP contribution >= 0.6 is 104 Å². The van der Waals surface area contributed by atoms with Crippen molar-refractivity contribution in [1.29, 1.82) is 0 Å². The van der Waals surface area contributed by atoms with Crippen molar-refractivity contribution in [2.24, 2.45) is 11.8 Å². The molecule has 2 amide bonds. The fourth-order valence-electron chi connectivity index (χ4n) is 15.2. The largest absolute Gasteiger partial charge is 1.00 e. The average molecular weight is 2330 g/mol. The van der Waals surface area contributed by atoms with Crippen LogP contribution in [-0.4, -0.2) is 233 Å². The average Bonchev–Trinajstić information content (AvgIpc) is 0.747. The van der Waals surface area contributed by atoms with Crippen LogP contribution in [0.2, 0.25) is 35.2 Å². The first-order valence-corrected chi connectivity index (χ1v) is 54.6. The van der Waals surface area contributed by atoms with Crippen LogP contribution in [0.25, 0.3) is 6.08 Å². The standard InChI is InChI=1S/C28H27ClO2P.C20H30ClNO4.C20H28ClNO4.C15H22ClNO2.C11H13ClO4.C10H12BrClO2.C10H13ClO3.BrH/c1-30-19-20-31-28-21-23(17-18-27(28)29)22-32(24-11-5-2-6-12-24,25-13-7-3-8-14-25)26-15-9-4-10-16-26;2*1-20(2,3)26-19(23)22-9-7-15(8-10-22)13-16-5-6-17(21)18(14-16)25-12-11-24-4;1-18-8-9-19-15-11-13(2-3-14(15)16)10-12-4-6-17-7-5-12;1-14-5-6-16-10-7-8(11(13)15-2)3-4-9(10)12;1-13-4-5-14-10-6-8(7-11)2-3-9(10)12;1-13-4-5-14-10-6-8(7-12)2-3-9(10)11;/h2-18,21H,19-20,22H2,1H3;5-6,14-15H,7-13H2,1-4H3;5-6,13-14H,7-12H2,1-4H3;2-3,11-12,17H,4-10H2,1H3;3-4,7H,5-6H2,1-2H3;2-3,6H,4-5,7H2,1H3;2-3,6,12H,4-5,7H2,1H3;1H/q+1;;;;;;;/p-1. The highest BCUT2D eigenvalue weighted by molar-refractivity contribution is 9.08. The Bertz CT molecular complexity index is 5350. The highest BCUT2D eigenvalue weighted by Crippen LogP contribution is 2.58. The second kappa shape index (κ2) is 71.5. The van der Waals surface area contributed by atoms with E-state index in [4.69, 9.17) is 162 Å². The van der Waals surface area contributed by atoms with Crippen molar-refractivity contribution < 1.29 is 117 Å². The zero-order valence-electron chi connectivity index (χ0n) is 87.3. The zero-order chi connectivity index (χ0) is 107. The number of nitrogens with zero attached hydrogens (tertiary/aromatic N) is 2. The smallest absolute Gasteiger partial charge is 0.410 e. The quantitative estimate of drug-likeness (QED) is 0.0119. The number of alkyl halides is 1. The lowest BCUT2D eigenvalue weighted by molar-refractivity contribution is -0.000137. The molecule has 24 nitrogen and oxygen atoms in total. The predicted molar refractivity (Wildman–Crippen MR) is 599 cm³/mol. The topological polar surface area (TPSA) is 247 Å². The molecule has 34 heteroatoms. The number of rotatable bonds is 41. The summed E-state index contributed by atoms with van der Waals surface area (Å²) in [6, 6.07) is 72.2. The minimum absolute atomic E-state index is 0. The van der Waals surface area contributed by atoms with Crippen molar-refractivity contribution in [2.45, 2.75) is 122 Å². The molecule has 0 bridgehead atoms. The molecule has 3 fully saturated rings. The number of methoxy groups -OCH3 is 8. The Hall–Kier alpha value is -8.39. The summed E-state index contributed by atoms with van der Waals surface area (Å²) in [5.74, 6) is 5.46. The fourth-order valence-corrected chi connectivity index (χ4v) is 21.0. The predicted octanol–water partition coefficient (Wildman–Crippen LogP) is 22.4. The summed E-state index contributed by atoms with van der Waals surface area (Å²) >= 11 is 46.1. The van der Waals surface area contributed by atoms with E-state index in [0.717, 1.165) is 105 Å². The van der Waals surface area contributed by atoms with Gasteiger partial charge in [-0.15, -0.1) is 0 Å². The van der Waals surface area contributed by atoms with Crippen LogP contribution in [-0.2, 0) is 78.3 Å². The maximum absolute atomic E-state index is 12.1. The minimum atomic E-state index is -1.97. The fraction of sp³-hybridized carbons (Fsp3) is 0.430. The summed E-state index contributed by atoms with van der Waals surface area (Å²) in [7, 11) is 10.8. The van der Waals surface area contributed by atoms with Gasteiger partial charge in [0.2, 0.25) is 0 Å². The molecule has 0 spiro atoms. The van der Waals surface area contributed by atoms with Gasteiger partial charge in [0.15, 0.2) is 0 Å². The van der Waals surface area contributed by atoms with E-state index >= 15 is 0 Å². The molecule has 0 aliphatic carbocycles. The third kappa shape index (κ3) is 47.5. The number of carbonyl (C=O) groups is 3. The number of likely N-dealkylation sites (tertiary alicyclic amines) is 2. The lowest BCUT2D eigenvalue weighted by atomic mass is 9.90. The van der Waals surface area contributed by atoms with Gasteiger partial charge in [-0.2, -0.15) is 0 Å².